The molecule has 17 heavy (non-hydrogen) atoms. The van der Waals surface area contributed by atoms with Crippen molar-refractivity contribution in [2.24, 2.45) is 0 Å². The third-order valence-electron chi connectivity index (χ3n) is 2.62. The van der Waals surface area contributed by atoms with Crippen LogP contribution in [0.4, 0.5) is 8.78 Å². The fraction of sp³-hybridized carbons (Fsp3) is 0.300. The Balaban J connectivity index is 2.85. The van der Waals surface area contributed by atoms with Gasteiger partial charge in [-0.05, 0) is 12.1 Å². The fourth-order valence-corrected chi connectivity index (χ4v) is 2.75. The number of rotatable bonds is 1. The zero-order valence-electron chi connectivity index (χ0n) is 8.65. The number of carbonyl (C=O) groups excluding carboxylic acids is 1. The molecule has 0 aromatic heterocycles. The molecule has 92 valence electrons. The highest BCUT2D eigenvalue weighted by atomic mass is 32.2. The molecular formula is C10H8F2O4S. The van der Waals surface area contributed by atoms with Gasteiger partial charge in [0, 0.05) is 17.4 Å². The van der Waals surface area contributed by atoms with Crippen LogP contribution in [-0.4, -0.2) is 31.7 Å². The topological polar surface area (TPSA) is 71.4 Å². The molecule has 7 heteroatoms. The minimum Gasteiger partial charge on any atom is -0.385 e. The summed E-state index contributed by atoms with van der Waals surface area (Å²) >= 11 is 0. The van der Waals surface area contributed by atoms with Crippen molar-refractivity contribution in [1.82, 2.24) is 0 Å². The van der Waals surface area contributed by atoms with Crippen LogP contribution < -0.4 is 0 Å². The van der Waals surface area contributed by atoms with Crippen LogP contribution in [-0.2, 0) is 9.84 Å². The minimum absolute atomic E-state index is 0.460. The molecule has 0 amide bonds. The first-order valence-electron chi connectivity index (χ1n) is 4.64. The summed E-state index contributed by atoms with van der Waals surface area (Å²) in [5.41, 5.74) is -1.15. The summed E-state index contributed by atoms with van der Waals surface area (Å²) in [6, 6.07) is 1.69. The van der Waals surface area contributed by atoms with Crippen molar-refractivity contribution in [3.8, 4) is 0 Å². The average molecular weight is 262 g/mol. The standard InChI is InChI=1S/C10H8F2O4S/c1-17(15,16)5-3-2-4(11)6-7(5)10(14)8(12)9(6)13/h2-3,8-9,13H,1H3/t8?,9-/m0/s1. The fourth-order valence-electron chi connectivity index (χ4n) is 1.85. The first-order chi connectivity index (χ1) is 7.75. The van der Waals surface area contributed by atoms with Crippen molar-refractivity contribution in [3.05, 3.63) is 29.1 Å². The Labute approximate surface area is 95.8 Å². The molecule has 1 unspecified atom stereocenters. The molecule has 0 saturated carbocycles. The Bertz CT molecular complexity index is 609. The van der Waals surface area contributed by atoms with Crippen molar-refractivity contribution >= 4 is 15.6 Å². The Morgan fingerprint density at radius 2 is 1.94 bits per heavy atom. The van der Waals surface area contributed by atoms with E-state index >= 15 is 0 Å². The average Bonchev–Trinajstić information content (AvgIpc) is 2.43. The van der Waals surface area contributed by atoms with Crippen LogP contribution in [0.5, 0.6) is 0 Å². The van der Waals surface area contributed by atoms with E-state index in [1.54, 1.807) is 0 Å². The molecule has 0 heterocycles. The molecule has 4 nitrogen and oxygen atoms in total. The van der Waals surface area contributed by atoms with Gasteiger partial charge in [0.05, 0.1) is 4.90 Å². The molecule has 0 aliphatic heterocycles. The molecule has 1 aromatic rings. The number of alkyl halides is 1. The van der Waals surface area contributed by atoms with E-state index in [0.29, 0.717) is 0 Å². The second-order valence-corrected chi connectivity index (χ2v) is 5.80. The van der Waals surface area contributed by atoms with Gasteiger partial charge in [0.1, 0.15) is 11.9 Å². The monoisotopic (exact) mass is 262 g/mol. The first kappa shape index (κ1) is 12.1. The van der Waals surface area contributed by atoms with Gasteiger partial charge < -0.3 is 5.11 Å². The largest absolute Gasteiger partial charge is 0.385 e. The maximum Gasteiger partial charge on any atom is 0.201 e. The molecule has 0 bridgehead atoms. The van der Waals surface area contributed by atoms with Crippen LogP contribution >= 0.6 is 0 Å². The van der Waals surface area contributed by atoms with E-state index in [1.165, 1.54) is 0 Å². The summed E-state index contributed by atoms with van der Waals surface area (Å²) in [5.74, 6) is -2.19. The summed E-state index contributed by atoms with van der Waals surface area (Å²) in [6.45, 7) is 0. The third-order valence-corrected chi connectivity index (χ3v) is 3.76. The Hall–Kier alpha value is -1.34. The lowest BCUT2D eigenvalue weighted by Gasteiger charge is -2.07. The molecule has 0 spiro atoms. The highest BCUT2D eigenvalue weighted by Gasteiger charge is 2.44. The number of hydrogen-bond acceptors (Lipinski definition) is 4. The van der Waals surface area contributed by atoms with Gasteiger partial charge in [-0.3, -0.25) is 4.79 Å². The summed E-state index contributed by atoms with van der Waals surface area (Å²) in [4.78, 5) is 11.0. The van der Waals surface area contributed by atoms with Gasteiger partial charge in [0.25, 0.3) is 0 Å². The molecule has 1 aliphatic carbocycles. The molecular weight excluding hydrogens is 254 g/mol. The maximum atomic E-state index is 13.4. The van der Waals surface area contributed by atoms with E-state index < -0.39 is 49.7 Å². The van der Waals surface area contributed by atoms with Crippen LogP contribution in [0.1, 0.15) is 22.0 Å². The van der Waals surface area contributed by atoms with E-state index in [0.717, 1.165) is 18.4 Å². The van der Waals surface area contributed by atoms with Crippen LogP contribution in [0.3, 0.4) is 0 Å². The Morgan fingerprint density at radius 1 is 1.35 bits per heavy atom. The summed E-state index contributed by atoms with van der Waals surface area (Å²) in [7, 11) is -3.79. The molecule has 1 N–H and O–H groups in total. The van der Waals surface area contributed by atoms with Crippen LogP contribution in [0.15, 0.2) is 17.0 Å². The van der Waals surface area contributed by atoms with Crippen molar-refractivity contribution in [2.75, 3.05) is 6.26 Å². The van der Waals surface area contributed by atoms with Crippen molar-refractivity contribution in [2.45, 2.75) is 17.2 Å². The van der Waals surface area contributed by atoms with Gasteiger partial charge >= 0.3 is 0 Å². The summed E-state index contributed by atoms with van der Waals surface area (Å²) in [6.07, 6.45) is -3.44. The number of halogens is 2. The highest BCUT2D eigenvalue weighted by molar-refractivity contribution is 7.90. The molecule has 2 atom stereocenters. The quantitative estimate of drug-likeness (QED) is 0.760. The smallest absolute Gasteiger partial charge is 0.201 e. The highest BCUT2D eigenvalue weighted by Crippen LogP contribution is 2.38. The molecule has 0 radical (unpaired) electrons. The van der Waals surface area contributed by atoms with E-state index in [2.05, 4.69) is 0 Å². The Morgan fingerprint density at radius 3 is 2.47 bits per heavy atom. The lowest BCUT2D eigenvalue weighted by Crippen LogP contribution is -2.14. The lowest BCUT2D eigenvalue weighted by atomic mass is 10.1. The van der Waals surface area contributed by atoms with Crippen molar-refractivity contribution in [3.63, 3.8) is 0 Å². The van der Waals surface area contributed by atoms with Gasteiger partial charge in [-0.15, -0.1) is 0 Å². The van der Waals surface area contributed by atoms with Crippen LogP contribution in [0.2, 0.25) is 0 Å². The Kier molecular flexibility index (Phi) is 2.55. The normalized spacial score (nSPS) is 23.9. The number of benzene rings is 1. The molecule has 1 aromatic carbocycles. The van der Waals surface area contributed by atoms with Crippen molar-refractivity contribution < 1.29 is 27.1 Å². The van der Waals surface area contributed by atoms with Gasteiger partial charge in [0.2, 0.25) is 5.78 Å². The van der Waals surface area contributed by atoms with Gasteiger partial charge in [-0.2, -0.15) is 0 Å². The number of fused-ring (bicyclic) bond motifs is 1. The zero-order chi connectivity index (χ0) is 13.0. The predicted octanol–water partition coefficient (Wildman–Crippen LogP) is 0.797. The maximum absolute atomic E-state index is 13.4. The molecule has 0 fully saturated rings. The van der Waals surface area contributed by atoms with Gasteiger partial charge in [-0.1, -0.05) is 0 Å². The van der Waals surface area contributed by atoms with E-state index in [1.807, 2.05) is 0 Å². The number of aliphatic hydroxyl groups is 1. The second kappa shape index (κ2) is 3.58. The van der Waals surface area contributed by atoms with Crippen LogP contribution in [0.25, 0.3) is 0 Å². The number of aliphatic hydroxyl groups excluding tert-OH is 1. The predicted molar refractivity (Wildman–Crippen MR) is 53.7 cm³/mol. The number of ketones is 1. The zero-order valence-corrected chi connectivity index (χ0v) is 9.46. The number of carbonyl (C=O) groups is 1. The molecule has 1 aliphatic rings. The number of hydrogen-bond donors (Lipinski definition) is 1. The minimum atomic E-state index is -3.79. The molecule has 0 saturated heterocycles. The van der Waals surface area contributed by atoms with E-state index in [9.17, 15) is 27.1 Å². The third kappa shape index (κ3) is 1.66. The van der Waals surface area contributed by atoms with E-state index in [4.69, 9.17) is 0 Å². The number of sulfone groups is 1. The van der Waals surface area contributed by atoms with Crippen molar-refractivity contribution in [1.29, 1.82) is 0 Å². The molecule has 2 rings (SSSR count). The SMILES string of the molecule is CS(=O)(=O)c1ccc(F)c2c1C(=O)C(F)[C@H]2O. The first-order valence-corrected chi connectivity index (χ1v) is 6.53. The van der Waals surface area contributed by atoms with E-state index in [-0.39, 0.29) is 0 Å². The second-order valence-electron chi connectivity index (χ2n) is 3.82. The lowest BCUT2D eigenvalue weighted by molar-refractivity contribution is 0.0629. The van der Waals surface area contributed by atoms with Gasteiger partial charge in [0.15, 0.2) is 16.0 Å². The summed E-state index contributed by atoms with van der Waals surface area (Å²) in [5, 5.41) is 9.36. The van der Waals surface area contributed by atoms with Gasteiger partial charge in [-0.25, -0.2) is 17.2 Å². The van der Waals surface area contributed by atoms with Crippen LogP contribution in [0, 0.1) is 5.82 Å². The summed E-state index contributed by atoms with van der Waals surface area (Å²) < 4.78 is 49.4. The number of Topliss-reactive ketones (excluding diaryl/α,β-unsaturated/α-hetero) is 1.